The Morgan fingerprint density at radius 3 is 2.62 bits per heavy atom. The number of rotatable bonds is 3. The molecule has 132 valence electrons. The topological polar surface area (TPSA) is 47.1 Å². The number of imidazole rings is 1. The first-order chi connectivity index (χ1) is 11.2. The summed E-state index contributed by atoms with van der Waals surface area (Å²) >= 11 is 0. The fourth-order valence-corrected chi connectivity index (χ4v) is 3.20. The first kappa shape index (κ1) is 17.0. The van der Waals surface area contributed by atoms with Crippen molar-refractivity contribution in [2.45, 2.75) is 45.3 Å². The molecule has 0 amide bonds. The lowest BCUT2D eigenvalue weighted by atomic mass is 9.97. The van der Waals surface area contributed by atoms with E-state index >= 15 is 0 Å². The molecule has 2 aromatic rings. The summed E-state index contributed by atoms with van der Waals surface area (Å²) < 4.78 is 45.6. The number of likely N-dealkylation sites (tertiary alicyclic amines) is 1. The SMILES string of the molecule is Cc1nc(CN2CCC[C@H](c3nc(C(F)(F)F)cn3C)C2)oc1C. The second-order valence-corrected chi connectivity index (χ2v) is 6.42. The lowest BCUT2D eigenvalue weighted by Crippen LogP contribution is -2.34. The molecule has 1 aliphatic rings. The first-order valence-corrected chi connectivity index (χ1v) is 7.99. The van der Waals surface area contributed by atoms with E-state index in [4.69, 9.17) is 4.42 Å². The Balaban J connectivity index is 1.72. The van der Waals surface area contributed by atoms with Gasteiger partial charge >= 0.3 is 6.18 Å². The summed E-state index contributed by atoms with van der Waals surface area (Å²) in [5, 5.41) is 0. The summed E-state index contributed by atoms with van der Waals surface area (Å²) in [5.74, 6) is 1.93. The highest BCUT2D eigenvalue weighted by atomic mass is 19.4. The molecular weight excluding hydrogens is 321 g/mol. The molecule has 8 heteroatoms. The molecule has 24 heavy (non-hydrogen) atoms. The van der Waals surface area contributed by atoms with E-state index in [1.165, 1.54) is 4.57 Å². The van der Waals surface area contributed by atoms with Gasteiger partial charge < -0.3 is 8.98 Å². The molecule has 2 aromatic heterocycles. The standard InChI is InChI=1S/C16H21F3N4O/c1-10-11(2)24-14(20-10)9-23-6-4-5-12(7-23)15-21-13(8-22(15)3)16(17,18)19/h8,12H,4-7,9H2,1-3H3/t12-/m0/s1. The molecule has 0 aromatic carbocycles. The van der Waals surface area contributed by atoms with Gasteiger partial charge in [-0.2, -0.15) is 13.2 Å². The third-order valence-electron chi connectivity index (χ3n) is 4.51. The van der Waals surface area contributed by atoms with E-state index in [-0.39, 0.29) is 5.92 Å². The Bertz CT molecular complexity index is 700. The van der Waals surface area contributed by atoms with Crippen LogP contribution in [0.1, 0.15) is 47.6 Å². The Morgan fingerprint density at radius 2 is 2.04 bits per heavy atom. The van der Waals surface area contributed by atoms with Crippen LogP contribution in [0.4, 0.5) is 13.2 Å². The van der Waals surface area contributed by atoms with Crippen molar-refractivity contribution in [1.82, 2.24) is 19.4 Å². The normalized spacial score (nSPS) is 19.8. The number of piperidine rings is 1. The smallest absolute Gasteiger partial charge is 0.434 e. The predicted octanol–water partition coefficient (Wildman–Crippen LogP) is 3.42. The lowest BCUT2D eigenvalue weighted by molar-refractivity contribution is -0.141. The molecule has 0 aliphatic carbocycles. The maximum atomic E-state index is 12.8. The number of aromatic nitrogens is 3. The number of alkyl halides is 3. The quantitative estimate of drug-likeness (QED) is 0.857. The third kappa shape index (κ3) is 3.48. The van der Waals surface area contributed by atoms with Crippen LogP contribution in [0.15, 0.2) is 10.6 Å². The summed E-state index contributed by atoms with van der Waals surface area (Å²) in [4.78, 5) is 10.4. The van der Waals surface area contributed by atoms with Crippen molar-refractivity contribution in [2.24, 2.45) is 7.05 Å². The first-order valence-electron chi connectivity index (χ1n) is 7.99. The van der Waals surface area contributed by atoms with E-state index in [0.717, 1.165) is 37.0 Å². The highest BCUT2D eigenvalue weighted by Crippen LogP contribution is 2.32. The predicted molar refractivity (Wildman–Crippen MR) is 81.4 cm³/mol. The van der Waals surface area contributed by atoms with Gasteiger partial charge in [0.2, 0.25) is 5.89 Å². The second kappa shape index (κ2) is 6.23. The zero-order valence-electron chi connectivity index (χ0n) is 14.0. The molecule has 0 unspecified atom stereocenters. The molecular formula is C16H21F3N4O. The molecule has 3 rings (SSSR count). The minimum Gasteiger partial charge on any atom is -0.444 e. The molecule has 1 aliphatic heterocycles. The molecule has 0 spiro atoms. The minimum absolute atomic E-state index is 0.0167. The fourth-order valence-electron chi connectivity index (χ4n) is 3.20. The van der Waals surface area contributed by atoms with Gasteiger partial charge in [0.25, 0.3) is 0 Å². The van der Waals surface area contributed by atoms with Crippen molar-refractivity contribution >= 4 is 0 Å². The number of hydrogen-bond donors (Lipinski definition) is 0. The highest BCUT2D eigenvalue weighted by molar-refractivity contribution is 5.12. The van der Waals surface area contributed by atoms with Crippen LogP contribution < -0.4 is 0 Å². The van der Waals surface area contributed by atoms with Crippen LogP contribution in [0, 0.1) is 13.8 Å². The summed E-state index contributed by atoms with van der Waals surface area (Å²) in [7, 11) is 1.62. The Morgan fingerprint density at radius 1 is 1.29 bits per heavy atom. The number of oxazole rings is 1. The van der Waals surface area contributed by atoms with Crippen LogP contribution in [0.3, 0.4) is 0 Å². The van der Waals surface area contributed by atoms with Gasteiger partial charge in [-0.15, -0.1) is 0 Å². The van der Waals surface area contributed by atoms with Gasteiger partial charge in [-0.3, -0.25) is 4.90 Å². The zero-order chi connectivity index (χ0) is 17.5. The molecule has 0 N–H and O–H groups in total. The Kier molecular flexibility index (Phi) is 4.42. The molecule has 3 heterocycles. The van der Waals surface area contributed by atoms with Crippen LogP contribution >= 0.6 is 0 Å². The molecule has 0 bridgehead atoms. The van der Waals surface area contributed by atoms with E-state index in [2.05, 4.69) is 14.9 Å². The summed E-state index contributed by atoms with van der Waals surface area (Å²) in [6.07, 6.45) is -1.59. The van der Waals surface area contributed by atoms with Gasteiger partial charge in [0.15, 0.2) is 5.69 Å². The van der Waals surface area contributed by atoms with Crippen molar-refractivity contribution in [2.75, 3.05) is 13.1 Å². The van der Waals surface area contributed by atoms with Crippen molar-refractivity contribution < 1.29 is 17.6 Å². The number of aryl methyl sites for hydroxylation is 3. The van der Waals surface area contributed by atoms with Crippen LogP contribution in [0.2, 0.25) is 0 Å². The summed E-state index contributed by atoms with van der Waals surface area (Å²) in [6, 6.07) is 0. The Labute approximate surface area is 138 Å². The van der Waals surface area contributed by atoms with Gasteiger partial charge in [0.1, 0.15) is 11.6 Å². The molecule has 0 radical (unpaired) electrons. The van der Waals surface area contributed by atoms with E-state index in [0.29, 0.717) is 24.8 Å². The van der Waals surface area contributed by atoms with Crippen LogP contribution in [-0.4, -0.2) is 32.5 Å². The molecule has 1 fully saturated rings. The average molecular weight is 342 g/mol. The van der Waals surface area contributed by atoms with E-state index in [1.54, 1.807) is 7.05 Å². The molecule has 1 saturated heterocycles. The number of nitrogens with zero attached hydrogens (tertiary/aromatic N) is 4. The van der Waals surface area contributed by atoms with Crippen molar-refractivity contribution in [1.29, 1.82) is 0 Å². The van der Waals surface area contributed by atoms with Crippen molar-refractivity contribution in [3.05, 3.63) is 35.1 Å². The Hall–Kier alpha value is -1.83. The van der Waals surface area contributed by atoms with E-state index < -0.39 is 11.9 Å². The number of hydrogen-bond acceptors (Lipinski definition) is 4. The second-order valence-electron chi connectivity index (χ2n) is 6.42. The summed E-state index contributed by atoms with van der Waals surface area (Å²) in [5.41, 5.74) is 0.0496. The maximum absolute atomic E-state index is 12.8. The third-order valence-corrected chi connectivity index (χ3v) is 4.51. The van der Waals surface area contributed by atoms with Gasteiger partial charge in [-0.25, -0.2) is 9.97 Å². The van der Waals surface area contributed by atoms with Crippen molar-refractivity contribution in [3.63, 3.8) is 0 Å². The molecule has 0 saturated carbocycles. The van der Waals surface area contributed by atoms with Gasteiger partial charge in [-0.1, -0.05) is 0 Å². The van der Waals surface area contributed by atoms with Crippen LogP contribution in [-0.2, 0) is 19.8 Å². The van der Waals surface area contributed by atoms with E-state index in [1.807, 2.05) is 13.8 Å². The van der Waals surface area contributed by atoms with Gasteiger partial charge in [0.05, 0.1) is 12.2 Å². The monoisotopic (exact) mass is 342 g/mol. The van der Waals surface area contributed by atoms with Gasteiger partial charge in [0, 0.05) is 25.7 Å². The largest absolute Gasteiger partial charge is 0.444 e. The lowest BCUT2D eigenvalue weighted by Gasteiger charge is -2.31. The molecule has 1 atom stereocenters. The highest BCUT2D eigenvalue weighted by Gasteiger charge is 2.36. The molecule has 5 nitrogen and oxygen atoms in total. The van der Waals surface area contributed by atoms with Crippen molar-refractivity contribution in [3.8, 4) is 0 Å². The minimum atomic E-state index is -4.41. The van der Waals surface area contributed by atoms with Crippen LogP contribution in [0.25, 0.3) is 0 Å². The zero-order valence-corrected chi connectivity index (χ0v) is 14.0. The summed E-state index contributed by atoms with van der Waals surface area (Å²) in [6.45, 7) is 5.88. The van der Waals surface area contributed by atoms with Gasteiger partial charge in [-0.05, 0) is 33.2 Å². The van der Waals surface area contributed by atoms with E-state index in [9.17, 15) is 13.2 Å². The van der Waals surface area contributed by atoms with Crippen LogP contribution in [0.5, 0.6) is 0 Å². The maximum Gasteiger partial charge on any atom is 0.434 e. The fraction of sp³-hybridized carbons (Fsp3) is 0.625. The number of halogens is 3. The average Bonchev–Trinajstić information content (AvgIpc) is 3.02.